The third kappa shape index (κ3) is 4.52. The number of nitrogens with zero attached hydrogens (tertiary/aromatic N) is 1. The van der Waals surface area contributed by atoms with Crippen LogP contribution in [0.1, 0.15) is 11.1 Å². The highest BCUT2D eigenvalue weighted by Crippen LogP contribution is 2.09. The highest BCUT2D eigenvalue weighted by Gasteiger charge is 2.12. The highest BCUT2D eigenvalue weighted by molar-refractivity contribution is 6.39. The van der Waals surface area contributed by atoms with Crippen LogP contribution < -0.4 is 10.7 Å². The normalized spacial score (nSPS) is 10.5. The van der Waals surface area contributed by atoms with Crippen LogP contribution in [0, 0.1) is 12.7 Å². The van der Waals surface area contributed by atoms with Gasteiger partial charge in [0, 0.05) is 5.69 Å². The average molecular weight is 299 g/mol. The van der Waals surface area contributed by atoms with E-state index < -0.39 is 11.8 Å². The number of hydrogen-bond acceptors (Lipinski definition) is 3. The van der Waals surface area contributed by atoms with Crippen molar-refractivity contribution >= 4 is 23.7 Å². The van der Waals surface area contributed by atoms with Crippen LogP contribution in [0.25, 0.3) is 0 Å². The maximum absolute atomic E-state index is 12.7. The molecule has 0 aliphatic rings. The number of benzene rings is 2. The van der Waals surface area contributed by atoms with Gasteiger partial charge in [-0.2, -0.15) is 5.10 Å². The van der Waals surface area contributed by atoms with Crippen molar-refractivity contribution in [1.82, 2.24) is 5.43 Å². The molecule has 0 heterocycles. The van der Waals surface area contributed by atoms with Crippen molar-refractivity contribution in [2.75, 3.05) is 5.32 Å². The summed E-state index contributed by atoms with van der Waals surface area (Å²) in [5.41, 5.74) is 4.20. The van der Waals surface area contributed by atoms with Gasteiger partial charge in [-0.3, -0.25) is 9.59 Å². The molecule has 0 fully saturated rings. The van der Waals surface area contributed by atoms with Gasteiger partial charge in [0.15, 0.2) is 0 Å². The van der Waals surface area contributed by atoms with Gasteiger partial charge in [-0.05, 0) is 42.3 Å². The Morgan fingerprint density at radius 1 is 1.09 bits per heavy atom. The molecule has 0 aliphatic heterocycles. The molecule has 0 saturated heterocycles. The Balaban J connectivity index is 1.89. The second-order valence-corrected chi connectivity index (χ2v) is 4.57. The van der Waals surface area contributed by atoms with Crippen LogP contribution in [0.3, 0.4) is 0 Å². The van der Waals surface area contributed by atoms with Gasteiger partial charge in [0.2, 0.25) is 0 Å². The monoisotopic (exact) mass is 299 g/mol. The molecule has 0 radical (unpaired) electrons. The zero-order valence-corrected chi connectivity index (χ0v) is 11.8. The summed E-state index contributed by atoms with van der Waals surface area (Å²) in [7, 11) is 0. The molecule has 0 atom stereocenters. The third-order valence-corrected chi connectivity index (χ3v) is 2.73. The van der Waals surface area contributed by atoms with Gasteiger partial charge in [-0.15, -0.1) is 0 Å². The number of carbonyl (C=O) groups is 2. The predicted molar refractivity (Wildman–Crippen MR) is 81.9 cm³/mol. The quantitative estimate of drug-likeness (QED) is 0.518. The van der Waals surface area contributed by atoms with Crippen molar-refractivity contribution in [3.8, 4) is 0 Å². The summed E-state index contributed by atoms with van der Waals surface area (Å²) in [5, 5.41) is 6.11. The van der Waals surface area contributed by atoms with Crippen molar-refractivity contribution in [1.29, 1.82) is 0 Å². The van der Waals surface area contributed by atoms with E-state index in [1.54, 1.807) is 18.2 Å². The predicted octanol–water partition coefficient (Wildman–Crippen LogP) is 2.22. The van der Waals surface area contributed by atoms with E-state index >= 15 is 0 Å². The van der Waals surface area contributed by atoms with Crippen LogP contribution >= 0.6 is 0 Å². The molecular formula is C16H14FN3O2. The Hall–Kier alpha value is -3.02. The number of hydrogen-bond donors (Lipinski definition) is 2. The van der Waals surface area contributed by atoms with Crippen molar-refractivity contribution in [3.63, 3.8) is 0 Å². The van der Waals surface area contributed by atoms with Crippen LogP contribution in [0.15, 0.2) is 53.6 Å². The molecule has 2 rings (SSSR count). The first-order valence-electron chi connectivity index (χ1n) is 6.51. The zero-order valence-electron chi connectivity index (χ0n) is 11.8. The maximum atomic E-state index is 12.7. The van der Waals surface area contributed by atoms with Crippen molar-refractivity contribution in [2.45, 2.75) is 6.92 Å². The minimum Gasteiger partial charge on any atom is -0.318 e. The van der Waals surface area contributed by atoms with Crippen molar-refractivity contribution in [3.05, 3.63) is 65.5 Å². The van der Waals surface area contributed by atoms with E-state index in [-0.39, 0.29) is 5.82 Å². The second-order valence-electron chi connectivity index (χ2n) is 4.57. The minimum absolute atomic E-state index is 0.362. The molecule has 5 nitrogen and oxygen atoms in total. The largest absolute Gasteiger partial charge is 0.329 e. The lowest BCUT2D eigenvalue weighted by atomic mass is 10.2. The van der Waals surface area contributed by atoms with Crippen LogP contribution in [-0.2, 0) is 9.59 Å². The van der Waals surface area contributed by atoms with Crippen LogP contribution in [0.5, 0.6) is 0 Å². The van der Waals surface area contributed by atoms with Gasteiger partial charge in [0.05, 0.1) is 6.21 Å². The average Bonchev–Trinajstić information content (AvgIpc) is 2.49. The first kappa shape index (κ1) is 15.4. The highest BCUT2D eigenvalue weighted by atomic mass is 19.1. The lowest BCUT2D eigenvalue weighted by Gasteiger charge is -2.04. The summed E-state index contributed by atoms with van der Waals surface area (Å²) in [4.78, 5) is 23.2. The van der Waals surface area contributed by atoms with E-state index in [0.29, 0.717) is 11.3 Å². The van der Waals surface area contributed by atoms with Gasteiger partial charge in [-0.25, -0.2) is 9.82 Å². The third-order valence-electron chi connectivity index (χ3n) is 2.73. The number of halogens is 1. The summed E-state index contributed by atoms with van der Waals surface area (Å²) < 4.78 is 12.7. The fourth-order valence-electron chi connectivity index (χ4n) is 1.68. The SMILES string of the molecule is Cc1cccc(NC(=O)C(=O)N/N=C\c2ccc(F)cc2)c1. The van der Waals surface area contributed by atoms with E-state index in [0.717, 1.165) is 5.56 Å². The first-order chi connectivity index (χ1) is 10.5. The standard InChI is InChI=1S/C16H14FN3O2/c1-11-3-2-4-14(9-11)19-15(21)16(22)20-18-10-12-5-7-13(17)8-6-12/h2-10H,1H3,(H,19,21)(H,20,22)/b18-10-. The van der Waals surface area contributed by atoms with Crippen LogP contribution in [-0.4, -0.2) is 18.0 Å². The molecule has 22 heavy (non-hydrogen) atoms. The molecule has 0 aliphatic carbocycles. The summed E-state index contributed by atoms with van der Waals surface area (Å²) in [6.45, 7) is 1.88. The summed E-state index contributed by atoms with van der Waals surface area (Å²) in [6, 6.07) is 12.6. The first-order valence-corrected chi connectivity index (χ1v) is 6.51. The number of anilines is 1. The number of amides is 2. The Labute approximate surface area is 126 Å². The zero-order chi connectivity index (χ0) is 15.9. The Kier molecular flexibility index (Phi) is 4.98. The number of hydrazone groups is 1. The van der Waals surface area contributed by atoms with E-state index in [9.17, 15) is 14.0 Å². The van der Waals surface area contributed by atoms with E-state index in [4.69, 9.17) is 0 Å². The Morgan fingerprint density at radius 3 is 2.50 bits per heavy atom. The molecule has 0 bridgehead atoms. The lowest BCUT2D eigenvalue weighted by Crippen LogP contribution is -2.32. The molecule has 6 heteroatoms. The van der Waals surface area contributed by atoms with Gasteiger partial charge in [0.1, 0.15) is 5.82 Å². The van der Waals surface area contributed by atoms with Crippen molar-refractivity contribution in [2.24, 2.45) is 5.10 Å². The molecule has 0 unspecified atom stereocenters. The molecular weight excluding hydrogens is 285 g/mol. The smallest absolute Gasteiger partial charge is 0.318 e. The van der Waals surface area contributed by atoms with Crippen molar-refractivity contribution < 1.29 is 14.0 Å². The summed E-state index contributed by atoms with van der Waals surface area (Å²) >= 11 is 0. The number of nitrogens with one attached hydrogen (secondary N) is 2. The second kappa shape index (κ2) is 7.12. The molecule has 2 aromatic carbocycles. The van der Waals surface area contributed by atoms with Crippen LogP contribution in [0.4, 0.5) is 10.1 Å². The summed E-state index contributed by atoms with van der Waals surface area (Å²) in [5.74, 6) is -2.07. The topological polar surface area (TPSA) is 70.6 Å². The molecule has 0 saturated carbocycles. The number of carbonyl (C=O) groups excluding carboxylic acids is 2. The van der Waals surface area contributed by atoms with E-state index in [1.165, 1.54) is 30.5 Å². The summed E-state index contributed by atoms with van der Waals surface area (Å²) in [6.07, 6.45) is 1.32. The van der Waals surface area contributed by atoms with Gasteiger partial charge < -0.3 is 5.32 Å². The number of aryl methyl sites for hydroxylation is 1. The van der Waals surface area contributed by atoms with Gasteiger partial charge in [0.25, 0.3) is 0 Å². The fourth-order valence-corrected chi connectivity index (χ4v) is 1.68. The maximum Gasteiger partial charge on any atom is 0.329 e. The Morgan fingerprint density at radius 2 is 1.82 bits per heavy atom. The molecule has 0 aromatic heterocycles. The van der Waals surface area contributed by atoms with Gasteiger partial charge in [-0.1, -0.05) is 24.3 Å². The number of rotatable bonds is 3. The molecule has 0 spiro atoms. The molecule has 112 valence electrons. The molecule has 2 N–H and O–H groups in total. The van der Waals surface area contributed by atoms with Crippen LogP contribution in [0.2, 0.25) is 0 Å². The van der Waals surface area contributed by atoms with Gasteiger partial charge >= 0.3 is 11.8 Å². The van der Waals surface area contributed by atoms with E-state index in [1.807, 2.05) is 13.0 Å². The Bertz CT molecular complexity index is 712. The lowest BCUT2D eigenvalue weighted by molar-refractivity contribution is -0.136. The fraction of sp³-hybridized carbons (Fsp3) is 0.0625. The van der Waals surface area contributed by atoms with E-state index in [2.05, 4.69) is 15.8 Å². The minimum atomic E-state index is -0.889. The molecule has 2 amide bonds. The molecule has 2 aromatic rings.